The van der Waals surface area contributed by atoms with Crippen LogP contribution in [0.1, 0.15) is 51.9 Å². The maximum absolute atomic E-state index is 13.8. The second kappa shape index (κ2) is 10.7. The van der Waals surface area contributed by atoms with Gasteiger partial charge in [-0.25, -0.2) is 0 Å². The first-order valence-electron chi connectivity index (χ1n) is 11.7. The quantitative estimate of drug-likeness (QED) is 0.221. The van der Waals surface area contributed by atoms with E-state index >= 15 is 0 Å². The molecule has 180 valence electrons. The molecule has 6 atom stereocenters. The maximum Gasteiger partial charge on any atom is 0.310 e. The number of aliphatic hydroxyl groups excluding tert-OH is 1. The van der Waals surface area contributed by atoms with E-state index in [1.807, 2.05) is 0 Å². The number of fused-ring (bicyclic) bond motifs is 1. The molecule has 2 bridgehead atoms. The molecule has 3 aliphatic heterocycles. The monoisotopic (exact) mass is 514 g/mol. The number of rotatable bonds is 13. The van der Waals surface area contributed by atoms with Gasteiger partial charge in [0.2, 0.25) is 11.8 Å². The number of carbonyl (C=O) groups excluding carboxylic acids is 2. The summed E-state index contributed by atoms with van der Waals surface area (Å²) in [7, 11) is 0. The van der Waals surface area contributed by atoms with Crippen LogP contribution < -0.4 is 0 Å². The summed E-state index contributed by atoms with van der Waals surface area (Å²) >= 11 is 3.56. The molecule has 3 fully saturated rings. The van der Waals surface area contributed by atoms with Crippen molar-refractivity contribution >= 4 is 33.7 Å². The van der Waals surface area contributed by atoms with Crippen molar-refractivity contribution in [3.05, 3.63) is 12.7 Å². The van der Waals surface area contributed by atoms with Crippen LogP contribution in [-0.4, -0.2) is 86.6 Å². The Balaban J connectivity index is 1.93. The van der Waals surface area contributed by atoms with Gasteiger partial charge in [0.25, 0.3) is 0 Å². The fraction of sp³-hybridized carbons (Fsp3) is 0.783. The van der Waals surface area contributed by atoms with Crippen LogP contribution in [0, 0.1) is 11.8 Å². The van der Waals surface area contributed by atoms with Crippen LogP contribution >= 0.6 is 15.9 Å². The molecule has 0 aromatic rings. The van der Waals surface area contributed by atoms with Gasteiger partial charge in [0.1, 0.15) is 11.6 Å². The number of amides is 2. The van der Waals surface area contributed by atoms with Gasteiger partial charge >= 0.3 is 5.97 Å². The Morgan fingerprint density at radius 1 is 1.31 bits per heavy atom. The molecule has 0 radical (unpaired) electrons. The fourth-order valence-electron chi connectivity index (χ4n) is 5.65. The van der Waals surface area contributed by atoms with Crippen molar-refractivity contribution < 1.29 is 29.3 Å². The van der Waals surface area contributed by atoms with E-state index in [1.54, 1.807) is 15.9 Å². The van der Waals surface area contributed by atoms with Crippen molar-refractivity contribution in [1.82, 2.24) is 9.80 Å². The first-order chi connectivity index (χ1) is 15.3. The lowest BCUT2D eigenvalue weighted by Crippen LogP contribution is -2.57. The molecule has 2 amide bonds. The average molecular weight is 515 g/mol. The SMILES string of the molecule is C=CCN(CCCC)C(=O)C1N(CCCCCCO)C(=O)[C@@H]2[C@H](C(=O)O)[C@H]3OC12CC3Br. The van der Waals surface area contributed by atoms with Crippen LogP contribution in [-0.2, 0) is 19.1 Å². The van der Waals surface area contributed by atoms with Crippen LogP contribution in [0.2, 0.25) is 0 Å². The van der Waals surface area contributed by atoms with Gasteiger partial charge in [-0.15, -0.1) is 6.58 Å². The third kappa shape index (κ3) is 4.35. The molecule has 0 aromatic heterocycles. The first-order valence-corrected chi connectivity index (χ1v) is 12.6. The number of carbonyl (C=O) groups is 3. The van der Waals surface area contributed by atoms with Crippen molar-refractivity contribution in [2.24, 2.45) is 11.8 Å². The highest BCUT2D eigenvalue weighted by atomic mass is 79.9. The fourth-order valence-corrected chi connectivity index (χ4v) is 6.59. The molecule has 2 N–H and O–H groups in total. The van der Waals surface area contributed by atoms with E-state index in [9.17, 15) is 19.5 Å². The minimum atomic E-state index is -1.12. The Hall–Kier alpha value is -1.45. The molecular weight excluding hydrogens is 480 g/mol. The summed E-state index contributed by atoms with van der Waals surface area (Å²) in [4.78, 5) is 42.6. The molecule has 32 heavy (non-hydrogen) atoms. The van der Waals surface area contributed by atoms with Crippen molar-refractivity contribution in [1.29, 1.82) is 0 Å². The number of carboxylic acid groups (broad SMARTS) is 1. The zero-order valence-electron chi connectivity index (χ0n) is 18.7. The van der Waals surface area contributed by atoms with E-state index < -0.39 is 35.6 Å². The van der Waals surface area contributed by atoms with E-state index in [0.29, 0.717) is 38.9 Å². The number of carboxylic acids is 1. The standard InChI is InChI=1S/C23H35BrN2O6/c1-3-5-11-25(10-4-2)21(29)19-23-14-15(24)18(32-23)16(22(30)31)17(23)20(28)26(19)12-8-6-7-9-13-27/h4,15-19,27H,2-3,5-14H2,1H3,(H,30,31)/t15?,16-,17-,18-,19?,23?/m0/s1. The summed E-state index contributed by atoms with van der Waals surface area (Å²) in [6, 6.07) is -0.830. The summed E-state index contributed by atoms with van der Waals surface area (Å²) < 4.78 is 6.29. The largest absolute Gasteiger partial charge is 0.481 e. The first kappa shape index (κ1) is 25.2. The van der Waals surface area contributed by atoms with Gasteiger partial charge in [-0.1, -0.05) is 48.2 Å². The van der Waals surface area contributed by atoms with Crippen LogP contribution in [0.3, 0.4) is 0 Å². The minimum Gasteiger partial charge on any atom is -0.481 e. The maximum atomic E-state index is 13.8. The lowest BCUT2D eigenvalue weighted by molar-refractivity contribution is -0.150. The van der Waals surface area contributed by atoms with E-state index in [2.05, 4.69) is 29.4 Å². The number of halogens is 1. The Bertz CT molecular complexity index is 733. The number of unbranched alkanes of at least 4 members (excludes halogenated alkanes) is 4. The molecule has 3 unspecified atom stereocenters. The van der Waals surface area contributed by atoms with Crippen LogP contribution in [0.25, 0.3) is 0 Å². The van der Waals surface area contributed by atoms with Gasteiger partial charge in [-0.05, 0) is 25.7 Å². The predicted octanol–water partition coefficient (Wildman–Crippen LogP) is 2.19. The minimum absolute atomic E-state index is 0.130. The molecule has 9 heteroatoms. The van der Waals surface area contributed by atoms with Gasteiger partial charge in [0, 0.05) is 31.1 Å². The number of alkyl halides is 1. The van der Waals surface area contributed by atoms with E-state index in [1.165, 1.54) is 0 Å². The number of aliphatic carboxylic acids is 1. The van der Waals surface area contributed by atoms with Gasteiger partial charge in [-0.2, -0.15) is 0 Å². The van der Waals surface area contributed by atoms with E-state index in [4.69, 9.17) is 9.84 Å². The number of likely N-dealkylation sites (tertiary alicyclic amines) is 1. The van der Waals surface area contributed by atoms with Crippen molar-refractivity contribution in [3.63, 3.8) is 0 Å². The Labute approximate surface area is 198 Å². The zero-order chi connectivity index (χ0) is 23.5. The highest BCUT2D eigenvalue weighted by molar-refractivity contribution is 9.09. The van der Waals surface area contributed by atoms with Gasteiger partial charge in [-0.3, -0.25) is 14.4 Å². The third-order valence-corrected chi connectivity index (χ3v) is 7.90. The van der Waals surface area contributed by atoms with Crippen LogP contribution in [0.5, 0.6) is 0 Å². The molecule has 0 aromatic carbocycles. The summed E-state index contributed by atoms with van der Waals surface area (Å²) in [6.45, 7) is 7.27. The van der Waals surface area contributed by atoms with Crippen molar-refractivity contribution in [3.8, 4) is 0 Å². The highest BCUT2D eigenvalue weighted by Gasteiger charge is 2.76. The number of nitrogens with zero attached hydrogens (tertiary/aromatic N) is 2. The average Bonchev–Trinajstić information content (AvgIpc) is 3.34. The third-order valence-electron chi connectivity index (χ3n) is 7.06. The normalized spacial score (nSPS) is 32.9. The molecule has 3 aliphatic rings. The van der Waals surface area contributed by atoms with Crippen LogP contribution in [0.15, 0.2) is 12.7 Å². The van der Waals surface area contributed by atoms with Crippen molar-refractivity contribution in [2.45, 2.75) is 74.4 Å². The van der Waals surface area contributed by atoms with Crippen LogP contribution in [0.4, 0.5) is 0 Å². The molecular formula is C23H35BrN2O6. The Morgan fingerprint density at radius 2 is 2.03 bits per heavy atom. The summed E-state index contributed by atoms with van der Waals surface area (Å²) in [6.07, 6.45) is 6.30. The van der Waals surface area contributed by atoms with E-state index in [0.717, 1.165) is 25.7 Å². The highest BCUT2D eigenvalue weighted by Crippen LogP contribution is 2.60. The Kier molecular flexibility index (Phi) is 8.38. The zero-order valence-corrected chi connectivity index (χ0v) is 20.3. The topological polar surface area (TPSA) is 107 Å². The second-order valence-corrected chi connectivity index (χ2v) is 10.3. The smallest absolute Gasteiger partial charge is 0.310 e. The molecule has 1 spiro atoms. The number of aliphatic hydroxyl groups is 1. The molecule has 8 nitrogen and oxygen atoms in total. The summed E-state index contributed by atoms with van der Waals surface area (Å²) in [5.74, 6) is -3.32. The lowest BCUT2D eigenvalue weighted by atomic mass is 9.70. The number of ether oxygens (including phenoxy) is 1. The Morgan fingerprint density at radius 3 is 2.66 bits per heavy atom. The molecule has 0 aliphatic carbocycles. The molecule has 3 heterocycles. The summed E-state index contributed by atoms with van der Waals surface area (Å²) in [5.41, 5.74) is -1.12. The lowest BCUT2D eigenvalue weighted by Gasteiger charge is -2.37. The van der Waals surface area contributed by atoms with Crippen molar-refractivity contribution in [2.75, 3.05) is 26.2 Å². The summed E-state index contributed by atoms with van der Waals surface area (Å²) in [5, 5.41) is 18.9. The van der Waals surface area contributed by atoms with Gasteiger partial charge in [0.15, 0.2) is 0 Å². The molecule has 3 saturated heterocycles. The second-order valence-electron chi connectivity index (χ2n) is 9.10. The predicted molar refractivity (Wildman–Crippen MR) is 122 cm³/mol. The number of hydrogen-bond acceptors (Lipinski definition) is 5. The van der Waals surface area contributed by atoms with Gasteiger partial charge in [0.05, 0.1) is 17.9 Å². The van der Waals surface area contributed by atoms with Gasteiger partial charge < -0.3 is 24.7 Å². The molecule has 3 rings (SSSR count). The molecule has 0 saturated carbocycles. The van der Waals surface area contributed by atoms with E-state index in [-0.39, 0.29) is 23.2 Å². The number of hydrogen-bond donors (Lipinski definition) is 2.